The molecular formula is C21H21FN4. The Hall–Kier alpha value is -2.79. The van der Waals surface area contributed by atoms with E-state index in [4.69, 9.17) is 4.98 Å². The average Bonchev–Trinajstić information content (AvgIpc) is 2.98. The molecule has 0 spiro atoms. The van der Waals surface area contributed by atoms with Crippen LogP contribution in [-0.4, -0.2) is 36.1 Å². The van der Waals surface area contributed by atoms with Crippen LogP contribution >= 0.6 is 0 Å². The minimum Gasteiger partial charge on any atom is -0.355 e. The van der Waals surface area contributed by atoms with Gasteiger partial charge in [-0.2, -0.15) is 0 Å². The summed E-state index contributed by atoms with van der Waals surface area (Å²) in [7, 11) is 0. The molecule has 4 rings (SSSR count). The highest BCUT2D eigenvalue weighted by molar-refractivity contribution is 5.68. The van der Waals surface area contributed by atoms with Crippen LogP contribution < -0.4 is 10.2 Å². The van der Waals surface area contributed by atoms with Gasteiger partial charge in [0.05, 0.1) is 11.3 Å². The molecule has 2 heterocycles. The van der Waals surface area contributed by atoms with Crippen LogP contribution in [0.15, 0.2) is 60.7 Å². The molecule has 0 radical (unpaired) electrons. The van der Waals surface area contributed by atoms with Crippen LogP contribution in [0.2, 0.25) is 0 Å². The summed E-state index contributed by atoms with van der Waals surface area (Å²) in [4.78, 5) is 11.6. The van der Waals surface area contributed by atoms with Crippen molar-refractivity contribution in [3.63, 3.8) is 0 Å². The Morgan fingerprint density at radius 3 is 2.54 bits per heavy atom. The number of aromatic nitrogens is 2. The molecule has 0 atom stereocenters. The molecule has 1 aromatic heterocycles. The number of halogens is 1. The predicted molar refractivity (Wildman–Crippen MR) is 103 cm³/mol. The molecule has 1 N–H and O–H groups in total. The zero-order valence-corrected chi connectivity index (χ0v) is 14.5. The summed E-state index contributed by atoms with van der Waals surface area (Å²) in [6.07, 6.45) is 1.06. The van der Waals surface area contributed by atoms with Crippen molar-refractivity contribution in [2.45, 2.75) is 6.42 Å². The highest BCUT2D eigenvalue weighted by Crippen LogP contribution is 2.27. The van der Waals surface area contributed by atoms with Gasteiger partial charge in [-0.15, -0.1) is 0 Å². The quantitative estimate of drug-likeness (QED) is 0.783. The third kappa shape index (κ3) is 3.58. The lowest BCUT2D eigenvalue weighted by molar-refractivity contribution is 0.630. The summed E-state index contributed by atoms with van der Waals surface area (Å²) in [6, 6.07) is 18.6. The first-order chi connectivity index (χ1) is 12.8. The minimum absolute atomic E-state index is 0.304. The molecule has 0 unspecified atom stereocenters. The number of nitrogens with one attached hydrogen (secondary N) is 1. The third-order valence-electron chi connectivity index (χ3n) is 4.56. The monoisotopic (exact) mass is 348 g/mol. The van der Waals surface area contributed by atoms with E-state index in [-0.39, 0.29) is 5.82 Å². The van der Waals surface area contributed by atoms with Gasteiger partial charge in [0.1, 0.15) is 11.6 Å². The van der Waals surface area contributed by atoms with Gasteiger partial charge in [0.2, 0.25) is 0 Å². The van der Waals surface area contributed by atoms with Gasteiger partial charge in [-0.05, 0) is 25.1 Å². The van der Waals surface area contributed by atoms with E-state index in [1.54, 1.807) is 12.1 Å². The second-order valence-electron chi connectivity index (χ2n) is 6.37. The lowest BCUT2D eigenvalue weighted by Gasteiger charge is -2.22. The molecule has 3 aromatic rings. The van der Waals surface area contributed by atoms with Gasteiger partial charge >= 0.3 is 0 Å². The molecule has 0 bridgehead atoms. The van der Waals surface area contributed by atoms with Crippen LogP contribution in [0.3, 0.4) is 0 Å². The molecule has 5 heteroatoms. The molecule has 132 valence electrons. The number of hydrogen-bond acceptors (Lipinski definition) is 4. The van der Waals surface area contributed by atoms with E-state index in [9.17, 15) is 4.39 Å². The average molecular weight is 348 g/mol. The lowest BCUT2D eigenvalue weighted by atomic mass is 10.1. The zero-order chi connectivity index (χ0) is 17.8. The summed E-state index contributed by atoms with van der Waals surface area (Å²) in [5.41, 5.74) is 2.24. The molecular weight excluding hydrogens is 327 g/mol. The summed E-state index contributed by atoms with van der Waals surface area (Å²) < 4.78 is 14.3. The summed E-state index contributed by atoms with van der Waals surface area (Å²) in [5.74, 6) is 0.971. The van der Waals surface area contributed by atoms with Gasteiger partial charge in [0, 0.05) is 31.3 Å². The Morgan fingerprint density at radius 2 is 1.69 bits per heavy atom. The van der Waals surface area contributed by atoms with Crippen LogP contribution in [0.4, 0.5) is 10.2 Å². The summed E-state index contributed by atoms with van der Waals surface area (Å²) in [5, 5.41) is 3.40. The SMILES string of the molecule is Fc1ccccc1-c1nc(-c2ccccc2)cc(N2CCCNCC2)n1. The van der Waals surface area contributed by atoms with E-state index in [1.165, 1.54) is 6.07 Å². The second kappa shape index (κ2) is 7.62. The van der Waals surface area contributed by atoms with Gasteiger partial charge in [-0.1, -0.05) is 42.5 Å². The fraction of sp³-hybridized carbons (Fsp3) is 0.238. The maximum atomic E-state index is 14.3. The minimum atomic E-state index is -0.304. The Labute approximate surface area is 152 Å². The van der Waals surface area contributed by atoms with Crippen molar-refractivity contribution < 1.29 is 4.39 Å². The van der Waals surface area contributed by atoms with Crippen LogP contribution in [0.5, 0.6) is 0 Å². The molecule has 2 aromatic carbocycles. The first-order valence-corrected chi connectivity index (χ1v) is 8.96. The van der Waals surface area contributed by atoms with E-state index in [0.717, 1.165) is 49.7 Å². The maximum Gasteiger partial charge on any atom is 0.165 e. The van der Waals surface area contributed by atoms with Crippen molar-refractivity contribution in [3.8, 4) is 22.6 Å². The van der Waals surface area contributed by atoms with E-state index >= 15 is 0 Å². The topological polar surface area (TPSA) is 41.1 Å². The predicted octanol–water partition coefficient (Wildman–Crippen LogP) is 3.75. The molecule has 1 saturated heterocycles. The Bertz CT molecular complexity index is 874. The van der Waals surface area contributed by atoms with Crippen molar-refractivity contribution in [1.29, 1.82) is 0 Å². The van der Waals surface area contributed by atoms with Crippen LogP contribution in [0.25, 0.3) is 22.6 Å². The number of hydrogen-bond donors (Lipinski definition) is 1. The zero-order valence-electron chi connectivity index (χ0n) is 14.5. The van der Waals surface area contributed by atoms with Crippen LogP contribution in [-0.2, 0) is 0 Å². The second-order valence-corrected chi connectivity index (χ2v) is 6.37. The molecule has 0 saturated carbocycles. The summed E-state index contributed by atoms with van der Waals surface area (Å²) in [6.45, 7) is 3.73. The Morgan fingerprint density at radius 1 is 0.885 bits per heavy atom. The highest BCUT2D eigenvalue weighted by atomic mass is 19.1. The standard InChI is InChI=1S/C21H21FN4/c22-18-10-5-4-9-17(18)21-24-19(16-7-2-1-3-8-16)15-20(25-21)26-13-6-11-23-12-14-26/h1-5,7-10,15,23H,6,11-14H2. The lowest BCUT2D eigenvalue weighted by Crippen LogP contribution is -2.28. The third-order valence-corrected chi connectivity index (χ3v) is 4.56. The van der Waals surface area contributed by atoms with E-state index < -0.39 is 0 Å². The van der Waals surface area contributed by atoms with Gasteiger partial charge < -0.3 is 10.2 Å². The maximum absolute atomic E-state index is 14.3. The van der Waals surface area contributed by atoms with E-state index in [1.807, 2.05) is 42.5 Å². The Kier molecular flexibility index (Phi) is 4.88. The van der Waals surface area contributed by atoms with E-state index in [2.05, 4.69) is 15.2 Å². The van der Waals surface area contributed by atoms with Crippen molar-refractivity contribution in [1.82, 2.24) is 15.3 Å². The normalized spacial score (nSPS) is 14.9. The molecule has 0 aliphatic carbocycles. The fourth-order valence-corrected chi connectivity index (χ4v) is 3.19. The van der Waals surface area contributed by atoms with Crippen molar-refractivity contribution >= 4 is 5.82 Å². The number of benzene rings is 2. The van der Waals surface area contributed by atoms with Gasteiger partial charge in [0.15, 0.2) is 5.82 Å². The fourth-order valence-electron chi connectivity index (χ4n) is 3.19. The molecule has 1 aliphatic heterocycles. The van der Waals surface area contributed by atoms with Gasteiger partial charge in [-0.3, -0.25) is 0 Å². The first kappa shape index (κ1) is 16.7. The Balaban J connectivity index is 1.83. The molecule has 1 fully saturated rings. The molecule has 0 amide bonds. The number of nitrogens with zero attached hydrogens (tertiary/aromatic N) is 3. The van der Waals surface area contributed by atoms with Gasteiger partial charge in [0.25, 0.3) is 0 Å². The smallest absolute Gasteiger partial charge is 0.165 e. The van der Waals surface area contributed by atoms with Crippen molar-refractivity contribution in [3.05, 3.63) is 66.5 Å². The number of rotatable bonds is 3. The molecule has 26 heavy (non-hydrogen) atoms. The highest BCUT2D eigenvalue weighted by Gasteiger charge is 2.16. The number of anilines is 1. The molecule has 1 aliphatic rings. The van der Waals surface area contributed by atoms with E-state index in [0.29, 0.717) is 11.4 Å². The van der Waals surface area contributed by atoms with Crippen molar-refractivity contribution in [2.75, 3.05) is 31.1 Å². The largest absolute Gasteiger partial charge is 0.355 e. The first-order valence-electron chi connectivity index (χ1n) is 8.96. The summed E-state index contributed by atoms with van der Waals surface area (Å²) >= 11 is 0. The van der Waals surface area contributed by atoms with Gasteiger partial charge in [-0.25, -0.2) is 14.4 Å². The van der Waals surface area contributed by atoms with Crippen LogP contribution in [0.1, 0.15) is 6.42 Å². The van der Waals surface area contributed by atoms with Crippen LogP contribution in [0, 0.1) is 5.82 Å². The molecule has 4 nitrogen and oxygen atoms in total. The van der Waals surface area contributed by atoms with Crippen molar-refractivity contribution in [2.24, 2.45) is 0 Å².